The van der Waals surface area contributed by atoms with Gasteiger partial charge in [0, 0.05) is 24.3 Å². The van der Waals surface area contributed by atoms with Crippen molar-refractivity contribution in [2.24, 2.45) is 4.99 Å². The number of anilines is 1. The van der Waals surface area contributed by atoms with Gasteiger partial charge in [-0.25, -0.2) is 0 Å². The summed E-state index contributed by atoms with van der Waals surface area (Å²) in [5.74, 6) is -0.580. The van der Waals surface area contributed by atoms with E-state index in [9.17, 15) is 9.59 Å². The molecule has 0 atom stereocenters. The number of benzene rings is 1. The molecule has 0 aromatic heterocycles. The second-order valence-corrected chi connectivity index (χ2v) is 6.08. The minimum atomic E-state index is -0.339. The van der Waals surface area contributed by atoms with Gasteiger partial charge < -0.3 is 15.0 Å². The van der Waals surface area contributed by atoms with E-state index in [0.29, 0.717) is 41.9 Å². The predicted octanol–water partition coefficient (Wildman–Crippen LogP) is 1.31. The first kappa shape index (κ1) is 13.5. The lowest BCUT2D eigenvalue weighted by Crippen LogP contribution is -2.38. The molecule has 7 heteroatoms. The van der Waals surface area contributed by atoms with E-state index in [1.807, 2.05) is 29.2 Å². The minimum absolute atomic E-state index is 0.240. The number of hydrogen-bond donors (Lipinski definition) is 1. The fourth-order valence-electron chi connectivity index (χ4n) is 2.69. The van der Waals surface area contributed by atoms with Crippen LogP contribution < -0.4 is 5.32 Å². The number of nitrogens with one attached hydrogen (secondary N) is 1. The van der Waals surface area contributed by atoms with Crippen LogP contribution in [0.5, 0.6) is 0 Å². The van der Waals surface area contributed by atoms with Crippen molar-refractivity contribution in [3.8, 4) is 0 Å². The maximum absolute atomic E-state index is 12.3. The number of hydrogen-bond acceptors (Lipinski definition) is 5. The number of para-hydroxylation sites is 1. The average molecular weight is 315 g/mol. The molecule has 0 spiro atoms. The summed E-state index contributed by atoms with van der Waals surface area (Å²) in [7, 11) is 0. The Labute approximate surface area is 131 Å². The SMILES string of the molecule is O=C1N=C(N2CCOCC2)S/C1=C1/C(=O)Nc2ccccc21. The van der Waals surface area contributed by atoms with Crippen molar-refractivity contribution >= 4 is 40.0 Å². The molecule has 22 heavy (non-hydrogen) atoms. The van der Waals surface area contributed by atoms with Crippen LogP contribution in [0.15, 0.2) is 34.2 Å². The van der Waals surface area contributed by atoms with Crippen LogP contribution >= 0.6 is 11.8 Å². The molecule has 0 radical (unpaired) electrons. The maximum atomic E-state index is 12.3. The molecule has 0 unspecified atom stereocenters. The summed E-state index contributed by atoms with van der Waals surface area (Å²) in [5, 5.41) is 3.45. The van der Waals surface area contributed by atoms with Crippen molar-refractivity contribution in [1.82, 2.24) is 4.90 Å². The van der Waals surface area contributed by atoms with Gasteiger partial charge in [0.1, 0.15) is 0 Å². The van der Waals surface area contributed by atoms with E-state index in [0.717, 1.165) is 11.3 Å². The van der Waals surface area contributed by atoms with Crippen molar-refractivity contribution in [1.29, 1.82) is 0 Å². The van der Waals surface area contributed by atoms with Gasteiger partial charge in [-0.1, -0.05) is 18.2 Å². The molecular formula is C15H13N3O3S. The van der Waals surface area contributed by atoms with E-state index in [1.54, 1.807) is 0 Å². The van der Waals surface area contributed by atoms with Crippen LogP contribution in [0.3, 0.4) is 0 Å². The zero-order chi connectivity index (χ0) is 15.1. The third kappa shape index (κ3) is 2.13. The van der Waals surface area contributed by atoms with E-state index in [4.69, 9.17) is 4.74 Å². The van der Waals surface area contributed by atoms with Crippen LogP contribution in [-0.2, 0) is 14.3 Å². The van der Waals surface area contributed by atoms with Gasteiger partial charge >= 0.3 is 0 Å². The van der Waals surface area contributed by atoms with Crippen molar-refractivity contribution in [2.75, 3.05) is 31.6 Å². The Kier molecular flexibility index (Phi) is 3.24. The lowest BCUT2D eigenvalue weighted by atomic mass is 10.1. The largest absolute Gasteiger partial charge is 0.378 e. The number of carbonyl (C=O) groups is 2. The van der Waals surface area contributed by atoms with Crippen LogP contribution in [0.4, 0.5) is 5.69 Å². The highest BCUT2D eigenvalue weighted by Crippen LogP contribution is 2.40. The van der Waals surface area contributed by atoms with Crippen LogP contribution in [-0.4, -0.2) is 48.2 Å². The van der Waals surface area contributed by atoms with Crippen molar-refractivity contribution < 1.29 is 14.3 Å². The molecule has 112 valence electrons. The number of carbonyl (C=O) groups excluding carboxylic acids is 2. The predicted molar refractivity (Wildman–Crippen MR) is 84.4 cm³/mol. The summed E-state index contributed by atoms with van der Waals surface area (Å²) >= 11 is 1.28. The molecule has 2 amide bonds. The van der Waals surface area contributed by atoms with E-state index >= 15 is 0 Å². The van der Waals surface area contributed by atoms with Crippen LogP contribution in [0.1, 0.15) is 5.56 Å². The number of ether oxygens (including phenoxy) is 1. The molecule has 4 rings (SSSR count). The summed E-state index contributed by atoms with van der Waals surface area (Å²) in [6.45, 7) is 2.68. The zero-order valence-electron chi connectivity index (χ0n) is 11.7. The number of amidine groups is 1. The van der Waals surface area contributed by atoms with Gasteiger partial charge in [0.25, 0.3) is 11.8 Å². The summed E-state index contributed by atoms with van der Waals surface area (Å²) < 4.78 is 5.31. The molecular weight excluding hydrogens is 302 g/mol. The molecule has 1 aromatic carbocycles. The molecule has 1 N–H and O–H groups in total. The third-order valence-corrected chi connectivity index (χ3v) is 4.88. The molecule has 1 fully saturated rings. The fourth-order valence-corrected chi connectivity index (χ4v) is 3.75. The number of rotatable bonds is 0. The zero-order valence-corrected chi connectivity index (χ0v) is 12.5. The molecule has 0 aliphatic carbocycles. The van der Waals surface area contributed by atoms with Crippen LogP contribution in [0.2, 0.25) is 0 Å². The molecule has 6 nitrogen and oxygen atoms in total. The van der Waals surface area contributed by atoms with E-state index in [-0.39, 0.29) is 11.8 Å². The number of fused-ring (bicyclic) bond motifs is 1. The Morgan fingerprint density at radius 3 is 2.77 bits per heavy atom. The first-order valence-electron chi connectivity index (χ1n) is 7.02. The smallest absolute Gasteiger partial charge is 0.287 e. The minimum Gasteiger partial charge on any atom is -0.378 e. The summed E-state index contributed by atoms with van der Waals surface area (Å²) in [6.07, 6.45) is 0. The quantitative estimate of drug-likeness (QED) is 0.731. The number of morpholine rings is 1. The monoisotopic (exact) mass is 315 g/mol. The van der Waals surface area contributed by atoms with Gasteiger partial charge in [-0.05, 0) is 17.8 Å². The first-order valence-corrected chi connectivity index (χ1v) is 7.84. The first-order chi connectivity index (χ1) is 10.7. The molecule has 0 bridgehead atoms. The van der Waals surface area contributed by atoms with E-state index < -0.39 is 0 Å². The molecule has 3 heterocycles. The average Bonchev–Trinajstić information content (AvgIpc) is 3.07. The molecule has 1 saturated heterocycles. The van der Waals surface area contributed by atoms with Gasteiger partial charge in [-0.15, -0.1) is 0 Å². The lowest BCUT2D eigenvalue weighted by molar-refractivity contribution is -0.114. The van der Waals surface area contributed by atoms with E-state index in [1.165, 1.54) is 11.8 Å². The summed E-state index contributed by atoms with van der Waals surface area (Å²) in [4.78, 5) is 31.0. The molecule has 3 aliphatic rings. The Hall–Kier alpha value is -2.12. The second kappa shape index (κ2) is 5.26. The molecule has 0 saturated carbocycles. The van der Waals surface area contributed by atoms with Crippen LogP contribution in [0.25, 0.3) is 5.57 Å². The van der Waals surface area contributed by atoms with Gasteiger partial charge in [0.15, 0.2) is 5.17 Å². The van der Waals surface area contributed by atoms with Gasteiger partial charge in [-0.3, -0.25) is 9.59 Å². The van der Waals surface area contributed by atoms with Gasteiger partial charge in [0.05, 0.1) is 23.7 Å². The van der Waals surface area contributed by atoms with Crippen LogP contribution in [0, 0.1) is 0 Å². The number of thioether (sulfide) groups is 1. The Morgan fingerprint density at radius 2 is 1.95 bits per heavy atom. The van der Waals surface area contributed by atoms with Crippen molar-refractivity contribution in [3.63, 3.8) is 0 Å². The fraction of sp³-hybridized carbons (Fsp3) is 0.267. The summed E-state index contributed by atoms with van der Waals surface area (Å²) in [5.41, 5.74) is 1.93. The Morgan fingerprint density at radius 1 is 1.18 bits per heavy atom. The second-order valence-electron chi connectivity index (χ2n) is 5.10. The standard InChI is InChI=1S/C15H13N3O3S/c19-13-11(9-3-1-2-4-10(9)16-13)12-14(20)17-15(22-12)18-5-7-21-8-6-18/h1-4H,5-8H2,(H,16,19)/b12-11+. The van der Waals surface area contributed by atoms with Crippen molar-refractivity contribution in [2.45, 2.75) is 0 Å². The number of aliphatic imine (C=N–C) groups is 1. The van der Waals surface area contributed by atoms with Crippen molar-refractivity contribution in [3.05, 3.63) is 34.7 Å². The highest BCUT2D eigenvalue weighted by molar-refractivity contribution is 8.18. The lowest BCUT2D eigenvalue weighted by Gasteiger charge is -2.27. The Balaban J connectivity index is 1.69. The Bertz CT molecular complexity index is 735. The third-order valence-electron chi connectivity index (χ3n) is 3.77. The topological polar surface area (TPSA) is 71.0 Å². The highest BCUT2D eigenvalue weighted by atomic mass is 32.2. The maximum Gasteiger partial charge on any atom is 0.287 e. The summed E-state index contributed by atoms with van der Waals surface area (Å²) in [6, 6.07) is 7.38. The van der Waals surface area contributed by atoms with E-state index in [2.05, 4.69) is 10.3 Å². The van der Waals surface area contributed by atoms with Gasteiger partial charge in [0.2, 0.25) is 0 Å². The molecule has 3 aliphatic heterocycles. The highest BCUT2D eigenvalue weighted by Gasteiger charge is 2.35. The molecule has 1 aromatic rings. The van der Waals surface area contributed by atoms with Gasteiger partial charge in [-0.2, -0.15) is 4.99 Å². The number of nitrogens with zero attached hydrogens (tertiary/aromatic N) is 2. The normalized spacial score (nSPS) is 24.4. The number of amides is 2.